The lowest BCUT2D eigenvalue weighted by molar-refractivity contribution is -0.118. The molecule has 0 saturated carbocycles. The molecule has 9 nitrogen and oxygen atoms in total. The largest absolute Gasteiger partial charge is 0.489 e. The molecule has 1 fully saturated rings. The summed E-state index contributed by atoms with van der Waals surface area (Å²) in [4.78, 5) is 25.8. The fraction of sp³-hybridized carbons (Fsp3) is 0.571. The van der Waals surface area contributed by atoms with Gasteiger partial charge in [-0.1, -0.05) is 0 Å². The number of aliphatic hydroxyl groups is 1. The molecular formula is C21H28N4O5. The minimum absolute atomic E-state index is 0.0729. The van der Waals surface area contributed by atoms with Crippen molar-refractivity contribution in [2.75, 3.05) is 39.4 Å². The molecule has 0 aliphatic carbocycles. The summed E-state index contributed by atoms with van der Waals surface area (Å²) in [5.41, 5.74) is 5.76. The average Bonchev–Trinajstić information content (AvgIpc) is 2.97. The van der Waals surface area contributed by atoms with E-state index in [1.54, 1.807) is 6.07 Å². The minimum atomic E-state index is -0.574. The standard InChI is InChI=1S/C21H28N4O5/c22-11-14-9-16(20-18(10-14)29-7-2-8-30-20)21(28)24-12-15-4-6-25(13-17(15)26)5-1-3-19(23)27/h9-10,15,17,26H,1-8,12-13H2,(H2,23,27)(H,24,28)/t15-,17+/m0/s1. The van der Waals surface area contributed by atoms with Gasteiger partial charge in [0.05, 0.1) is 36.5 Å². The first-order valence-corrected chi connectivity index (χ1v) is 10.3. The lowest BCUT2D eigenvalue weighted by atomic mass is 9.93. The van der Waals surface area contributed by atoms with Crippen molar-refractivity contribution in [1.29, 1.82) is 5.26 Å². The van der Waals surface area contributed by atoms with Crippen LogP contribution >= 0.6 is 0 Å². The zero-order valence-electron chi connectivity index (χ0n) is 16.9. The van der Waals surface area contributed by atoms with E-state index in [9.17, 15) is 20.0 Å². The van der Waals surface area contributed by atoms with Crippen molar-refractivity contribution in [3.63, 3.8) is 0 Å². The number of rotatable bonds is 7. The number of hydrogen-bond acceptors (Lipinski definition) is 7. The number of nitrogens with one attached hydrogen (secondary N) is 1. The van der Waals surface area contributed by atoms with Gasteiger partial charge in [0.15, 0.2) is 11.5 Å². The molecule has 1 aromatic rings. The average molecular weight is 416 g/mol. The third kappa shape index (κ3) is 5.62. The van der Waals surface area contributed by atoms with Crippen molar-refractivity contribution >= 4 is 11.8 Å². The maximum atomic E-state index is 12.8. The fourth-order valence-corrected chi connectivity index (χ4v) is 3.79. The number of carbonyl (C=O) groups is 2. The Morgan fingerprint density at radius 3 is 2.87 bits per heavy atom. The van der Waals surface area contributed by atoms with Gasteiger partial charge in [-0.05, 0) is 32.0 Å². The maximum Gasteiger partial charge on any atom is 0.255 e. The highest BCUT2D eigenvalue weighted by atomic mass is 16.5. The summed E-state index contributed by atoms with van der Waals surface area (Å²) in [7, 11) is 0. The van der Waals surface area contributed by atoms with E-state index in [0.29, 0.717) is 69.2 Å². The lowest BCUT2D eigenvalue weighted by Gasteiger charge is -2.36. The molecule has 0 bridgehead atoms. The van der Waals surface area contributed by atoms with Crippen LogP contribution in [0.25, 0.3) is 0 Å². The van der Waals surface area contributed by atoms with E-state index in [0.717, 1.165) is 13.0 Å². The molecule has 2 heterocycles. The zero-order chi connectivity index (χ0) is 21.5. The first kappa shape index (κ1) is 21.9. The van der Waals surface area contributed by atoms with Crippen LogP contribution in [0.15, 0.2) is 12.1 Å². The number of carbonyl (C=O) groups excluding carboxylic acids is 2. The molecule has 0 radical (unpaired) electrons. The molecule has 162 valence electrons. The van der Waals surface area contributed by atoms with Crippen LogP contribution in [-0.4, -0.2) is 67.3 Å². The molecule has 30 heavy (non-hydrogen) atoms. The monoisotopic (exact) mass is 416 g/mol. The Balaban J connectivity index is 1.57. The number of nitrogens with zero attached hydrogens (tertiary/aromatic N) is 2. The molecule has 2 amide bonds. The number of nitrogens with two attached hydrogens (primary N) is 1. The summed E-state index contributed by atoms with van der Waals surface area (Å²) < 4.78 is 11.3. The van der Waals surface area contributed by atoms with Gasteiger partial charge in [-0.15, -0.1) is 0 Å². The number of piperidine rings is 1. The molecule has 0 unspecified atom stereocenters. The molecular weight excluding hydrogens is 388 g/mol. The van der Waals surface area contributed by atoms with E-state index >= 15 is 0 Å². The van der Waals surface area contributed by atoms with Crippen LogP contribution in [0.5, 0.6) is 11.5 Å². The first-order chi connectivity index (χ1) is 14.5. The summed E-state index contributed by atoms with van der Waals surface area (Å²) in [5, 5.41) is 22.6. The second-order valence-electron chi connectivity index (χ2n) is 7.71. The number of β-amino-alcohol motifs (C(OH)–C–C–N with tert-alkyl or cyclic N) is 1. The number of primary amides is 1. The molecule has 2 aliphatic rings. The Morgan fingerprint density at radius 1 is 1.33 bits per heavy atom. The summed E-state index contributed by atoms with van der Waals surface area (Å²) in [6.45, 7) is 3.21. The predicted octanol–water partition coefficient (Wildman–Crippen LogP) is 0.398. The Labute approximate surface area is 175 Å². The third-order valence-corrected chi connectivity index (χ3v) is 5.45. The minimum Gasteiger partial charge on any atom is -0.489 e. The van der Waals surface area contributed by atoms with Crippen LogP contribution in [0, 0.1) is 17.2 Å². The Morgan fingerprint density at radius 2 is 2.13 bits per heavy atom. The second-order valence-corrected chi connectivity index (χ2v) is 7.71. The van der Waals surface area contributed by atoms with Crippen LogP contribution in [0.2, 0.25) is 0 Å². The number of nitriles is 1. The Kier molecular flexibility index (Phi) is 7.49. The van der Waals surface area contributed by atoms with Crippen LogP contribution < -0.4 is 20.5 Å². The van der Waals surface area contributed by atoms with Gasteiger partial charge < -0.3 is 30.5 Å². The zero-order valence-corrected chi connectivity index (χ0v) is 16.9. The van der Waals surface area contributed by atoms with E-state index < -0.39 is 6.10 Å². The quantitative estimate of drug-likeness (QED) is 0.585. The van der Waals surface area contributed by atoms with Gasteiger partial charge in [-0.2, -0.15) is 5.26 Å². The van der Waals surface area contributed by atoms with Crippen LogP contribution in [0.3, 0.4) is 0 Å². The van der Waals surface area contributed by atoms with Crippen molar-refractivity contribution in [1.82, 2.24) is 10.2 Å². The van der Waals surface area contributed by atoms with Gasteiger partial charge >= 0.3 is 0 Å². The smallest absolute Gasteiger partial charge is 0.255 e. The van der Waals surface area contributed by atoms with Gasteiger partial charge in [0.2, 0.25) is 5.91 Å². The Hall–Kier alpha value is -2.83. The second kappa shape index (κ2) is 10.3. The maximum absolute atomic E-state index is 12.8. The number of amides is 2. The van der Waals surface area contributed by atoms with E-state index in [2.05, 4.69) is 10.2 Å². The van der Waals surface area contributed by atoms with Gasteiger partial charge in [-0.25, -0.2) is 0 Å². The SMILES string of the molecule is N#Cc1cc2c(c(C(=O)NC[C@@H]3CCN(CCCC(N)=O)C[C@H]3O)c1)OCCCO2. The molecule has 3 rings (SSSR count). The van der Waals surface area contributed by atoms with E-state index in [1.165, 1.54) is 6.07 Å². The number of hydrogen-bond donors (Lipinski definition) is 3. The number of benzene rings is 1. The van der Waals surface area contributed by atoms with E-state index in [4.69, 9.17) is 15.2 Å². The Bertz CT molecular complexity index is 822. The van der Waals surface area contributed by atoms with Crippen LogP contribution in [-0.2, 0) is 4.79 Å². The molecule has 2 atom stereocenters. The number of ether oxygens (including phenoxy) is 2. The van der Waals surface area contributed by atoms with Gasteiger partial charge in [0, 0.05) is 37.9 Å². The highest BCUT2D eigenvalue weighted by Gasteiger charge is 2.29. The molecule has 1 aromatic carbocycles. The molecule has 0 spiro atoms. The van der Waals surface area contributed by atoms with Gasteiger partial charge in [0.25, 0.3) is 5.91 Å². The van der Waals surface area contributed by atoms with Crippen molar-refractivity contribution in [2.45, 2.75) is 31.8 Å². The molecule has 4 N–H and O–H groups in total. The molecule has 0 aromatic heterocycles. The predicted molar refractivity (Wildman–Crippen MR) is 108 cm³/mol. The first-order valence-electron chi connectivity index (χ1n) is 10.3. The summed E-state index contributed by atoms with van der Waals surface area (Å²) in [5.74, 6) is 0.0110. The number of fused-ring (bicyclic) bond motifs is 1. The van der Waals surface area contributed by atoms with Gasteiger partial charge in [0.1, 0.15) is 0 Å². The topological polar surface area (TPSA) is 138 Å². The van der Waals surface area contributed by atoms with Crippen molar-refractivity contribution in [3.05, 3.63) is 23.3 Å². The molecule has 2 aliphatic heterocycles. The molecule has 9 heteroatoms. The van der Waals surface area contributed by atoms with E-state index in [1.807, 2.05) is 6.07 Å². The highest BCUT2D eigenvalue weighted by molar-refractivity contribution is 5.98. The van der Waals surface area contributed by atoms with Crippen molar-refractivity contribution < 1.29 is 24.2 Å². The van der Waals surface area contributed by atoms with Crippen LogP contribution in [0.1, 0.15) is 41.6 Å². The normalized spacial score (nSPS) is 21.3. The third-order valence-electron chi connectivity index (χ3n) is 5.45. The van der Waals surface area contributed by atoms with Crippen molar-refractivity contribution in [3.8, 4) is 17.6 Å². The highest BCUT2D eigenvalue weighted by Crippen LogP contribution is 2.35. The van der Waals surface area contributed by atoms with Crippen molar-refractivity contribution in [2.24, 2.45) is 11.7 Å². The summed E-state index contributed by atoms with van der Waals surface area (Å²) >= 11 is 0. The summed E-state index contributed by atoms with van der Waals surface area (Å²) in [6.07, 6.45) is 1.86. The van der Waals surface area contributed by atoms with Gasteiger partial charge in [-0.3, -0.25) is 9.59 Å². The van der Waals surface area contributed by atoms with E-state index in [-0.39, 0.29) is 23.3 Å². The fourth-order valence-electron chi connectivity index (χ4n) is 3.79. The van der Waals surface area contributed by atoms with Crippen LogP contribution in [0.4, 0.5) is 0 Å². The summed E-state index contributed by atoms with van der Waals surface area (Å²) in [6, 6.07) is 5.12. The number of likely N-dealkylation sites (tertiary alicyclic amines) is 1. The molecule has 1 saturated heterocycles. The lowest BCUT2D eigenvalue weighted by Crippen LogP contribution is -2.47. The number of aliphatic hydroxyl groups excluding tert-OH is 1.